The molecule has 0 saturated carbocycles. The number of aliphatic hydroxyl groups excluding tert-OH is 2. The van der Waals surface area contributed by atoms with E-state index in [0.29, 0.717) is 0 Å². The number of hydrogen-bond acceptors (Lipinski definition) is 4. The predicted octanol–water partition coefficient (Wildman–Crippen LogP) is -1.14. The van der Waals surface area contributed by atoms with Crippen LogP contribution in [0, 0.1) is 0 Å². The minimum absolute atomic E-state index is 0.690. The summed E-state index contributed by atoms with van der Waals surface area (Å²) in [6.07, 6.45) is -1.13. The highest BCUT2D eigenvalue weighted by Gasteiger charge is 2.01. The van der Waals surface area contributed by atoms with Crippen molar-refractivity contribution in [3.8, 4) is 0 Å². The fraction of sp³-hybridized carbons (Fsp3) is 0.750. The topological polar surface area (TPSA) is 66.8 Å². The van der Waals surface area contributed by atoms with E-state index in [9.17, 15) is 4.79 Å². The second kappa shape index (κ2) is 3.40. The van der Waals surface area contributed by atoms with Crippen LogP contribution in [0.25, 0.3) is 0 Å². The van der Waals surface area contributed by atoms with Crippen LogP contribution >= 0.6 is 0 Å². The molecule has 4 nitrogen and oxygen atoms in total. The number of carbonyl (C=O) groups is 1. The van der Waals surface area contributed by atoms with Crippen molar-refractivity contribution in [2.75, 3.05) is 6.61 Å². The first-order chi connectivity index (χ1) is 3.66. The van der Waals surface area contributed by atoms with Gasteiger partial charge in [0.1, 0.15) is 6.61 Å². The van der Waals surface area contributed by atoms with Gasteiger partial charge in [0.05, 0.1) is 0 Å². The molecule has 0 amide bonds. The smallest absolute Gasteiger partial charge is 0.334 e. The maximum absolute atomic E-state index is 9.99. The van der Waals surface area contributed by atoms with E-state index in [0.717, 1.165) is 0 Å². The van der Waals surface area contributed by atoms with Crippen LogP contribution in [0.15, 0.2) is 0 Å². The third-order valence-corrected chi connectivity index (χ3v) is 0.431. The van der Waals surface area contributed by atoms with Crippen LogP contribution in [-0.2, 0) is 9.53 Å². The number of carbonyl (C=O) groups excluding carboxylic acids is 1. The molecule has 8 heavy (non-hydrogen) atoms. The maximum atomic E-state index is 9.99. The first kappa shape index (κ1) is 7.39. The van der Waals surface area contributed by atoms with Crippen molar-refractivity contribution in [2.24, 2.45) is 0 Å². The van der Waals surface area contributed by atoms with E-state index in [-0.39, 0.29) is 0 Å². The number of hydrogen-bond donors (Lipinski definition) is 2. The Labute approximate surface area is 46.7 Å². The molecule has 0 radical (unpaired) electrons. The van der Waals surface area contributed by atoms with Crippen LogP contribution in [0.2, 0.25) is 0 Å². The van der Waals surface area contributed by atoms with E-state index in [4.69, 9.17) is 10.2 Å². The molecule has 1 unspecified atom stereocenters. The van der Waals surface area contributed by atoms with E-state index in [1.165, 1.54) is 6.92 Å². The third-order valence-electron chi connectivity index (χ3n) is 0.431. The minimum atomic E-state index is -1.13. The zero-order valence-corrected chi connectivity index (χ0v) is 4.50. The lowest BCUT2D eigenvalue weighted by Crippen LogP contribution is -2.16. The summed E-state index contributed by atoms with van der Waals surface area (Å²) in [6.45, 7) is 0.596. The van der Waals surface area contributed by atoms with E-state index in [1.807, 2.05) is 0 Å². The predicted molar refractivity (Wildman–Crippen MR) is 24.9 cm³/mol. The molecule has 0 aromatic heterocycles. The first-order valence-corrected chi connectivity index (χ1v) is 2.15. The molecule has 0 aromatic carbocycles. The van der Waals surface area contributed by atoms with Gasteiger partial charge in [0.25, 0.3) is 0 Å². The molecule has 4 heteroatoms. The standard InChI is InChI=1S/C4H8O4/c1-3(6)8-4(7)2-5/h3,5-6H,2H2,1H3. The molecule has 0 spiro atoms. The van der Waals surface area contributed by atoms with E-state index < -0.39 is 18.9 Å². The van der Waals surface area contributed by atoms with Crippen molar-refractivity contribution in [2.45, 2.75) is 13.2 Å². The van der Waals surface area contributed by atoms with Crippen LogP contribution in [-0.4, -0.2) is 29.1 Å². The average Bonchev–Trinajstić information content (AvgIpc) is 1.65. The van der Waals surface area contributed by atoms with Gasteiger partial charge < -0.3 is 14.9 Å². The minimum Gasteiger partial charge on any atom is -0.435 e. The maximum Gasteiger partial charge on any atom is 0.334 e. The highest BCUT2D eigenvalue weighted by atomic mass is 16.6. The normalized spacial score (nSPS) is 12.9. The lowest BCUT2D eigenvalue weighted by atomic mass is 10.7. The van der Waals surface area contributed by atoms with Crippen molar-refractivity contribution < 1.29 is 19.7 Å². The summed E-state index contributed by atoms with van der Waals surface area (Å²) < 4.78 is 4.07. The van der Waals surface area contributed by atoms with Gasteiger partial charge in [-0.15, -0.1) is 0 Å². The molecular formula is C4H8O4. The van der Waals surface area contributed by atoms with Gasteiger partial charge in [0.2, 0.25) is 0 Å². The van der Waals surface area contributed by atoms with Gasteiger partial charge in [-0.05, 0) is 6.92 Å². The van der Waals surface area contributed by atoms with Gasteiger partial charge in [-0.1, -0.05) is 0 Å². The molecular weight excluding hydrogens is 112 g/mol. The van der Waals surface area contributed by atoms with Crippen molar-refractivity contribution in [3.05, 3.63) is 0 Å². The Morgan fingerprint density at radius 1 is 1.88 bits per heavy atom. The molecule has 0 bridgehead atoms. The molecule has 0 rings (SSSR count). The third kappa shape index (κ3) is 3.58. The molecule has 0 aromatic rings. The number of ether oxygens (including phenoxy) is 1. The van der Waals surface area contributed by atoms with Crippen LogP contribution in [0.3, 0.4) is 0 Å². The van der Waals surface area contributed by atoms with E-state index in [2.05, 4.69) is 4.74 Å². The molecule has 48 valence electrons. The number of aliphatic hydroxyl groups is 2. The Hall–Kier alpha value is -0.610. The van der Waals surface area contributed by atoms with Gasteiger partial charge >= 0.3 is 5.97 Å². The van der Waals surface area contributed by atoms with Crippen molar-refractivity contribution >= 4 is 5.97 Å². The number of esters is 1. The second-order valence-electron chi connectivity index (χ2n) is 1.25. The molecule has 2 N–H and O–H groups in total. The largest absolute Gasteiger partial charge is 0.435 e. The molecule has 1 atom stereocenters. The Bertz CT molecular complexity index is 78.1. The zero-order valence-electron chi connectivity index (χ0n) is 4.50. The Balaban J connectivity index is 3.25. The fourth-order valence-corrected chi connectivity index (χ4v) is 0.227. The van der Waals surface area contributed by atoms with Crippen LogP contribution in [0.1, 0.15) is 6.92 Å². The Morgan fingerprint density at radius 3 is 2.50 bits per heavy atom. The summed E-state index contributed by atoms with van der Waals surface area (Å²) in [4.78, 5) is 9.99. The van der Waals surface area contributed by atoms with Gasteiger partial charge in [0, 0.05) is 0 Å². The van der Waals surface area contributed by atoms with Crippen LogP contribution < -0.4 is 0 Å². The molecule has 0 saturated heterocycles. The zero-order chi connectivity index (χ0) is 6.57. The SMILES string of the molecule is CC(O)OC(=O)CO. The highest BCUT2D eigenvalue weighted by molar-refractivity contribution is 5.70. The lowest BCUT2D eigenvalue weighted by molar-refractivity contribution is -0.167. The first-order valence-electron chi connectivity index (χ1n) is 2.15. The summed E-state index contributed by atoms with van der Waals surface area (Å²) in [5, 5.41) is 16.3. The van der Waals surface area contributed by atoms with Crippen molar-refractivity contribution in [1.29, 1.82) is 0 Å². The van der Waals surface area contributed by atoms with E-state index in [1.54, 1.807) is 0 Å². The molecule has 0 aliphatic heterocycles. The lowest BCUT2D eigenvalue weighted by Gasteiger charge is -2.02. The summed E-state index contributed by atoms with van der Waals surface area (Å²) in [5.74, 6) is -0.819. The highest BCUT2D eigenvalue weighted by Crippen LogP contribution is 1.82. The van der Waals surface area contributed by atoms with Gasteiger partial charge in [-0.2, -0.15) is 0 Å². The van der Waals surface area contributed by atoms with Crippen molar-refractivity contribution in [3.63, 3.8) is 0 Å². The molecule has 0 aliphatic carbocycles. The van der Waals surface area contributed by atoms with Crippen molar-refractivity contribution in [1.82, 2.24) is 0 Å². The second-order valence-corrected chi connectivity index (χ2v) is 1.25. The summed E-state index contributed by atoms with van der Waals surface area (Å²) in [5.41, 5.74) is 0. The average molecular weight is 120 g/mol. The summed E-state index contributed by atoms with van der Waals surface area (Å²) >= 11 is 0. The summed E-state index contributed by atoms with van der Waals surface area (Å²) in [6, 6.07) is 0. The molecule has 0 fully saturated rings. The van der Waals surface area contributed by atoms with Gasteiger partial charge in [-0.25, -0.2) is 4.79 Å². The van der Waals surface area contributed by atoms with Crippen LogP contribution in [0.4, 0.5) is 0 Å². The molecule has 0 heterocycles. The van der Waals surface area contributed by atoms with E-state index >= 15 is 0 Å². The number of rotatable bonds is 2. The fourth-order valence-electron chi connectivity index (χ4n) is 0.227. The van der Waals surface area contributed by atoms with Gasteiger partial charge in [0.15, 0.2) is 6.29 Å². The molecule has 0 aliphatic rings. The Kier molecular flexibility index (Phi) is 3.14. The Morgan fingerprint density at radius 2 is 2.38 bits per heavy atom. The van der Waals surface area contributed by atoms with Gasteiger partial charge in [-0.3, -0.25) is 0 Å². The quantitative estimate of drug-likeness (QED) is 0.357. The summed E-state index contributed by atoms with van der Waals surface area (Å²) in [7, 11) is 0. The van der Waals surface area contributed by atoms with Crippen LogP contribution in [0.5, 0.6) is 0 Å². The monoisotopic (exact) mass is 120 g/mol.